The first-order valence-electron chi connectivity index (χ1n) is 8.12. The third-order valence-electron chi connectivity index (χ3n) is 4.73. The van der Waals surface area contributed by atoms with E-state index in [9.17, 15) is 13.2 Å². The maximum atomic E-state index is 12.6. The van der Waals surface area contributed by atoms with E-state index in [1.54, 1.807) is 29.8 Å². The number of para-hydroxylation sites is 1. The number of aromatic nitrogens is 2. The maximum absolute atomic E-state index is 12.6. The maximum Gasteiger partial charge on any atom is 0.333 e. The molecule has 25 heavy (non-hydrogen) atoms. The van der Waals surface area contributed by atoms with Gasteiger partial charge in [0, 0.05) is 12.6 Å². The molecule has 0 unspecified atom stereocenters. The Morgan fingerprint density at radius 3 is 2.36 bits per heavy atom. The third kappa shape index (κ3) is 2.69. The topological polar surface area (TPSA) is 73.1 Å². The monoisotopic (exact) mass is 357 g/mol. The number of sulfonamides is 1. The summed E-state index contributed by atoms with van der Waals surface area (Å²) in [5.41, 5.74) is 1.46. The molecule has 1 aliphatic carbocycles. The van der Waals surface area contributed by atoms with E-state index in [0.29, 0.717) is 11.0 Å². The van der Waals surface area contributed by atoms with Crippen LogP contribution in [0.5, 0.6) is 0 Å². The number of aryl methyl sites for hydroxylation is 1. The van der Waals surface area contributed by atoms with E-state index >= 15 is 0 Å². The molecule has 0 radical (unpaired) electrons. The van der Waals surface area contributed by atoms with Crippen LogP contribution < -0.4 is 10.4 Å². The van der Waals surface area contributed by atoms with Crippen LogP contribution in [0.2, 0.25) is 0 Å². The van der Waals surface area contributed by atoms with Crippen LogP contribution in [0.15, 0.2) is 58.2 Å². The molecule has 6 nitrogen and oxygen atoms in total. The summed E-state index contributed by atoms with van der Waals surface area (Å²) in [5.74, 6) is 0. The highest BCUT2D eigenvalue weighted by atomic mass is 32.2. The van der Waals surface area contributed by atoms with Crippen molar-refractivity contribution in [2.75, 3.05) is 0 Å². The third-order valence-corrected chi connectivity index (χ3v) is 6.37. The van der Waals surface area contributed by atoms with Gasteiger partial charge in [-0.05, 0) is 50.1 Å². The van der Waals surface area contributed by atoms with E-state index in [4.69, 9.17) is 0 Å². The fourth-order valence-corrected chi connectivity index (χ4v) is 4.47. The van der Waals surface area contributed by atoms with Gasteiger partial charge >= 0.3 is 5.69 Å². The molecule has 1 aliphatic rings. The lowest BCUT2D eigenvalue weighted by Gasteiger charge is -2.12. The Bertz CT molecular complexity index is 1120. The molecule has 2 aromatic carbocycles. The molecule has 3 aromatic rings. The summed E-state index contributed by atoms with van der Waals surface area (Å²) in [7, 11) is -1.96. The first-order chi connectivity index (χ1) is 11.8. The molecule has 1 N–H and O–H groups in total. The molecule has 0 amide bonds. The van der Waals surface area contributed by atoms with Crippen molar-refractivity contribution in [3.8, 4) is 5.69 Å². The Balaban J connectivity index is 1.88. The summed E-state index contributed by atoms with van der Waals surface area (Å²) in [4.78, 5) is 12.8. The summed E-state index contributed by atoms with van der Waals surface area (Å²) in [6, 6.07) is 14.1. The molecule has 0 aliphatic heterocycles. The van der Waals surface area contributed by atoms with Gasteiger partial charge in [-0.3, -0.25) is 9.13 Å². The second-order valence-corrected chi connectivity index (χ2v) is 8.51. The zero-order valence-electron chi connectivity index (χ0n) is 14.1. The van der Waals surface area contributed by atoms with Crippen molar-refractivity contribution in [3.63, 3.8) is 0 Å². The van der Waals surface area contributed by atoms with Crippen LogP contribution in [0, 0.1) is 0 Å². The van der Waals surface area contributed by atoms with Crippen molar-refractivity contribution in [1.82, 2.24) is 13.9 Å². The van der Waals surface area contributed by atoms with Gasteiger partial charge in [-0.2, -0.15) is 0 Å². The van der Waals surface area contributed by atoms with Gasteiger partial charge in [0.1, 0.15) is 0 Å². The zero-order chi connectivity index (χ0) is 17.8. The normalized spacial score (nSPS) is 16.2. The van der Waals surface area contributed by atoms with Gasteiger partial charge in [-0.1, -0.05) is 18.2 Å². The fourth-order valence-electron chi connectivity index (χ4n) is 2.98. The highest BCUT2D eigenvalue weighted by molar-refractivity contribution is 7.89. The van der Waals surface area contributed by atoms with E-state index in [1.165, 1.54) is 4.57 Å². The van der Waals surface area contributed by atoms with E-state index in [1.807, 2.05) is 37.3 Å². The van der Waals surface area contributed by atoms with Crippen molar-refractivity contribution in [2.24, 2.45) is 7.05 Å². The zero-order valence-corrected chi connectivity index (χ0v) is 14.9. The molecular weight excluding hydrogens is 338 g/mol. The summed E-state index contributed by atoms with van der Waals surface area (Å²) in [6.07, 6.45) is 1.69. The minimum atomic E-state index is -3.61. The molecular formula is C18H19N3O3S. The second kappa shape index (κ2) is 5.31. The Kier molecular flexibility index (Phi) is 3.42. The molecule has 0 atom stereocenters. The van der Waals surface area contributed by atoms with Gasteiger partial charge in [0.15, 0.2) is 0 Å². The van der Waals surface area contributed by atoms with Crippen LogP contribution >= 0.6 is 0 Å². The van der Waals surface area contributed by atoms with E-state index in [2.05, 4.69) is 4.72 Å². The van der Waals surface area contributed by atoms with E-state index < -0.39 is 10.0 Å². The summed E-state index contributed by atoms with van der Waals surface area (Å²) in [6.45, 7) is 1.89. The number of nitrogens with one attached hydrogen (secondary N) is 1. The molecule has 4 rings (SSSR count). The predicted octanol–water partition coefficient (Wildman–Crippen LogP) is 2.16. The standard InChI is InChI=1S/C18H19N3O3S/c1-18(10-11-18)19-25(23,24)14-8-9-15-16(12-14)20(2)17(22)21(15)13-6-4-3-5-7-13/h3-9,12,19H,10-11H2,1-2H3. The molecule has 1 heterocycles. The number of hydrogen-bond acceptors (Lipinski definition) is 3. The van der Waals surface area contributed by atoms with Crippen molar-refractivity contribution < 1.29 is 8.42 Å². The average molecular weight is 357 g/mol. The SMILES string of the molecule is Cn1c(=O)n(-c2ccccc2)c2ccc(S(=O)(=O)NC3(C)CC3)cc21. The summed E-state index contributed by atoms with van der Waals surface area (Å²) >= 11 is 0. The van der Waals surface area contributed by atoms with Crippen LogP contribution in [0.3, 0.4) is 0 Å². The molecule has 130 valence electrons. The Morgan fingerprint density at radius 2 is 1.72 bits per heavy atom. The largest absolute Gasteiger partial charge is 0.333 e. The molecule has 1 saturated carbocycles. The number of imidazole rings is 1. The van der Waals surface area contributed by atoms with Crippen LogP contribution in [0.25, 0.3) is 16.7 Å². The molecule has 0 bridgehead atoms. The Morgan fingerprint density at radius 1 is 1.04 bits per heavy atom. The van der Waals surface area contributed by atoms with Gasteiger partial charge in [0.05, 0.1) is 21.6 Å². The number of rotatable bonds is 4. The van der Waals surface area contributed by atoms with E-state index in [-0.39, 0.29) is 16.1 Å². The second-order valence-electron chi connectivity index (χ2n) is 6.83. The Labute approximate surface area is 145 Å². The van der Waals surface area contributed by atoms with Gasteiger partial charge in [0.25, 0.3) is 0 Å². The summed E-state index contributed by atoms with van der Waals surface area (Å²) < 4.78 is 31.0. The number of fused-ring (bicyclic) bond motifs is 1. The molecule has 0 spiro atoms. The highest BCUT2D eigenvalue weighted by Crippen LogP contribution is 2.36. The lowest BCUT2D eigenvalue weighted by Crippen LogP contribution is -2.34. The van der Waals surface area contributed by atoms with Crippen molar-refractivity contribution in [3.05, 3.63) is 59.0 Å². The number of benzene rings is 2. The van der Waals surface area contributed by atoms with Gasteiger partial charge < -0.3 is 0 Å². The average Bonchev–Trinajstić information content (AvgIpc) is 3.25. The highest BCUT2D eigenvalue weighted by Gasteiger charge is 2.41. The van der Waals surface area contributed by atoms with Crippen LogP contribution in [0.4, 0.5) is 0 Å². The number of hydrogen-bond donors (Lipinski definition) is 1. The predicted molar refractivity (Wildman–Crippen MR) is 96.5 cm³/mol. The fraction of sp³-hybridized carbons (Fsp3) is 0.278. The minimum Gasteiger partial charge on any atom is -0.295 e. The number of nitrogens with zero attached hydrogens (tertiary/aromatic N) is 2. The van der Waals surface area contributed by atoms with Gasteiger partial charge in [-0.25, -0.2) is 17.9 Å². The minimum absolute atomic E-state index is 0.175. The van der Waals surface area contributed by atoms with Crippen LogP contribution in [0.1, 0.15) is 19.8 Å². The van der Waals surface area contributed by atoms with Crippen molar-refractivity contribution in [2.45, 2.75) is 30.2 Å². The molecule has 7 heteroatoms. The van der Waals surface area contributed by atoms with Crippen molar-refractivity contribution >= 4 is 21.1 Å². The quantitative estimate of drug-likeness (QED) is 0.778. The van der Waals surface area contributed by atoms with Crippen molar-refractivity contribution in [1.29, 1.82) is 0 Å². The Hall–Kier alpha value is -2.38. The molecule has 1 fully saturated rings. The van der Waals surface area contributed by atoms with Gasteiger partial charge in [-0.15, -0.1) is 0 Å². The lowest BCUT2D eigenvalue weighted by molar-refractivity contribution is 0.558. The molecule has 0 saturated heterocycles. The first kappa shape index (κ1) is 16.1. The van der Waals surface area contributed by atoms with Crippen LogP contribution in [-0.2, 0) is 17.1 Å². The van der Waals surface area contributed by atoms with Crippen LogP contribution in [-0.4, -0.2) is 23.1 Å². The lowest BCUT2D eigenvalue weighted by atomic mass is 10.3. The smallest absolute Gasteiger partial charge is 0.295 e. The van der Waals surface area contributed by atoms with E-state index in [0.717, 1.165) is 18.5 Å². The summed E-state index contributed by atoms with van der Waals surface area (Å²) in [5, 5.41) is 0. The molecule has 1 aromatic heterocycles. The first-order valence-corrected chi connectivity index (χ1v) is 9.60. The van der Waals surface area contributed by atoms with Gasteiger partial charge in [0.2, 0.25) is 10.0 Å².